The highest BCUT2D eigenvalue weighted by molar-refractivity contribution is 7.90. The fourth-order valence-electron chi connectivity index (χ4n) is 1.33. The van der Waals surface area contributed by atoms with E-state index in [2.05, 4.69) is 4.72 Å². The van der Waals surface area contributed by atoms with Gasteiger partial charge in [0.05, 0.1) is 0 Å². The maximum Gasteiger partial charge on any atom is 0.301 e. The van der Waals surface area contributed by atoms with Crippen LogP contribution in [0.5, 0.6) is 0 Å². The Hall–Kier alpha value is -1.27. The van der Waals surface area contributed by atoms with Crippen LogP contribution in [0, 0.1) is 0 Å². The highest BCUT2D eigenvalue weighted by Gasteiger charge is 2.17. The second-order valence-corrected chi connectivity index (χ2v) is 4.98. The molecule has 6 heteroatoms. The molecule has 0 spiro atoms. The van der Waals surface area contributed by atoms with E-state index >= 15 is 0 Å². The first-order valence-corrected chi connectivity index (χ1v) is 6.57. The second kappa shape index (κ2) is 5.18. The molecule has 0 aliphatic heterocycles. The van der Waals surface area contributed by atoms with E-state index < -0.39 is 10.2 Å². The van der Waals surface area contributed by atoms with Gasteiger partial charge in [0.1, 0.15) is 0 Å². The Morgan fingerprint density at radius 1 is 1.19 bits per heavy atom. The van der Waals surface area contributed by atoms with Gasteiger partial charge in [0.2, 0.25) is 0 Å². The van der Waals surface area contributed by atoms with Gasteiger partial charge in [0, 0.05) is 24.5 Å². The molecule has 1 aromatic carbocycles. The van der Waals surface area contributed by atoms with Crippen LogP contribution >= 0.6 is 0 Å². The topological polar surface area (TPSA) is 75.4 Å². The largest absolute Gasteiger partial charge is 0.399 e. The van der Waals surface area contributed by atoms with Crippen LogP contribution in [0.15, 0.2) is 24.3 Å². The van der Waals surface area contributed by atoms with Gasteiger partial charge in [-0.05, 0) is 24.3 Å². The SMILES string of the molecule is CCN(CC)S(=O)(=O)Nc1ccc(N)cc1. The van der Waals surface area contributed by atoms with Gasteiger partial charge in [-0.3, -0.25) is 4.72 Å². The molecule has 1 aromatic rings. The number of rotatable bonds is 5. The van der Waals surface area contributed by atoms with E-state index in [1.165, 1.54) is 4.31 Å². The van der Waals surface area contributed by atoms with Gasteiger partial charge in [-0.1, -0.05) is 13.8 Å². The van der Waals surface area contributed by atoms with Crippen LogP contribution in [0.3, 0.4) is 0 Å². The number of hydrogen-bond acceptors (Lipinski definition) is 3. The first-order chi connectivity index (χ1) is 7.49. The molecule has 0 heterocycles. The van der Waals surface area contributed by atoms with E-state index in [-0.39, 0.29) is 0 Å². The van der Waals surface area contributed by atoms with Crippen LogP contribution in [-0.4, -0.2) is 25.8 Å². The molecule has 0 saturated heterocycles. The van der Waals surface area contributed by atoms with Crippen molar-refractivity contribution in [2.45, 2.75) is 13.8 Å². The summed E-state index contributed by atoms with van der Waals surface area (Å²) in [5, 5.41) is 0. The normalized spacial score (nSPS) is 11.7. The molecule has 0 saturated carbocycles. The molecule has 3 N–H and O–H groups in total. The van der Waals surface area contributed by atoms with Crippen LogP contribution in [0.1, 0.15) is 13.8 Å². The molecule has 0 bridgehead atoms. The van der Waals surface area contributed by atoms with Crippen LogP contribution in [0.4, 0.5) is 11.4 Å². The van der Waals surface area contributed by atoms with Gasteiger partial charge in [-0.25, -0.2) is 0 Å². The Labute approximate surface area is 96.4 Å². The van der Waals surface area contributed by atoms with Crippen molar-refractivity contribution in [2.75, 3.05) is 23.5 Å². The van der Waals surface area contributed by atoms with Crippen molar-refractivity contribution >= 4 is 21.6 Å². The van der Waals surface area contributed by atoms with E-state index in [0.29, 0.717) is 24.5 Å². The van der Waals surface area contributed by atoms with E-state index in [0.717, 1.165) is 0 Å². The second-order valence-electron chi connectivity index (χ2n) is 3.31. The predicted molar refractivity (Wildman–Crippen MR) is 66.3 cm³/mol. The first kappa shape index (κ1) is 12.8. The standard InChI is InChI=1S/C10H17N3O2S/c1-3-13(4-2)16(14,15)12-10-7-5-9(11)6-8-10/h5-8,12H,3-4,11H2,1-2H3. The average Bonchev–Trinajstić information content (AvgIpc) is 2.22. The summed E-state index contributed by atoms with van der Waals surface area (Å²) < 4.78 is 27.5. The third-order valence-electron chi connectivity index (χ3n) is 2.20. The van der Waals surface area contributed by atoms with E-state index in [1.807, 2.05) is 0 Å². The summed E-state index contributed by atoms with van der Waals surface area (Å²) >= 11 is 0. The molecule has 0 atom stereocenters. The Bertz CT molecular complexity index is 424. The molecule has 5 nitrogen and oxygen atoms in total. The Morgan fingerprint density at radius 3 is 2.12 bits per heavy atom. The first-order valence-electron chi connectivity index (χ1n) is 5.13. The van der Waals surface area contributed by atoms with Gasteiger partial charge < -0.3 is 5.73 Å². The highest BCUT2D eigenvalue weighted by Crippen LogP contribution is 2.13. The van der Waals surface area contributed by atoms with Gasteiger partial charge >= 0.3 is 10.2 Å². The van der Waals surface area contributed by atoms with Crippen molar-refractivity contribution in [3.05, 3.63) is 24.3 Å². The molecule has 0 aliphatic carbocycles. The Balaban J connectivity index is 2.84. The van der Waals surface area contributed by atoms with Crippen molar-refractivity contribution in [1.82, 2.24) is 4.31 Å². The summed E-state index contributed by atoms with van der Waals surface area (Å²) in [6.07, 6.45) is 0. The lowest BCUT2D eigenvalue weighted by molar-refractivity contribution is 0.449. The summed E-state index contributed by atoms with van der Waals surface area (Å²) in [7, 11) is -3.45. The fraction of sp³-hybridized carbons (Fsp3) is 0.400. The monoisotopic (exact) mass is 243 g/mol. The Morgan fingerprint density at radius 2 is 1.69 bits per heavy atom. The molecule has 0 aliphatic rings. The molecule has 1 rings (SSSR count). The smallest absolute Gasteiger partial charge is 0.301 e. The summed E-state index contributed by atoms with van der Waals surface area (Å²) in [6, 6.07) is 6.58. The van der Waals surface area contributed by atoms with E-state index in [9.17, 15) is 8.42 Å². The third-order valence-corrected chi connectivity index (χ3v) is 3.89. The molecule has 0 aromatic heterocycles. The minimum atomic E-state index is -3.45. The minimum absolute atomic E-state index is 0.445. The number of nitrogens with one attached hydrogen (secondary N) is 1. The molecular formula is C10H17N3O2S. The van der Waals surface area contributed by atoms with Crippen LogP contribution in [0.25, 0.3) is 0 Å². The quantitative estimate of drug-likeness (QED) is 0.765. The molecule has 90 valence electrons. The number of nitrogens with two attached hydrogens (primary N) is 1. The van der Waals surface area contributed by atoms with Crippen molar-refractivity contribution in [1.29, 1.82) is 0 Å². The zero-order chi connectivity index (χ0) is 12.2. The van der Waals surface area contributed by atoms with Crippen molar-refractivity contribution < 1.29 is 8.42 Å². The van der Waals surface area contributed by atoms with Gasteiger partial charge in [0.25, 0.3) is 0 Å². The third kappa shape index (κ3) is 3.11. The minimum Gasteiger partial charge on any atom is -0.399 e. The molecule has 0 radical (unpaired) electrons. The summed E-state index contributed by atoms with van der Waals surface area (Å²) in [5.74, 6) is 0. The lowest BCUT2D eigenvalue weighted by Crippen LogP contribution is -2.35. The van der Waals surface area contributed by atoms with Crippen molar-refractivity contribution in [3.8, 4) is 0 Å². The highest BCUT2D eigenvalue weighted by atomic mass is 32.2. The van der Waals surface area contributed by atoms with Crippen LogP contribution in [-0.2, 0) is 10.2 Å². The maximum atomic E-state index is 11.8. The molecule has 16 heavy (non-hydrogen) atoms. The maximum absolute atomic E-state index is 11.8. The van der Waals surface area contributed by atoms with Crippen LogP contribution in [0.2, 0.25) is 0 Å². The summed E-state index contributed by atoms with van der Waals surface area (Å²) in [4.78, 5) is 0. The zero-order valence-corrected chi connectivity index (χ0v) is 10.3. The number of anilines is 2. The molecule has 0 amide bonds. The predicted octanol–water partition coefficient (Wildman–Crippen LogP) is 1.27. The van der Waals surface area contributed by atoms with Crippen LogP contribution < -0.4 is 10.5 Å². The van der Waals surface area contributed by atoms with Crippen molar-refractivity contribution in [3.63, 3.8) is 0 Å². The number of hydrogen-bond donors (Lipinski definition) is 2. The van der Waals surface area contributed by atoms with E-state index in [1.54, 1.807) is 38.1 Å². The number of benzene rings is 1. The fourth-order valence-corrected chi connectivity index (χ4v) is 2.57. The Kier molecular flexibility index (Phi) is 4.14. The van der Waals surface area contributed by atoms with Gasteiger partial charge in [-0.2, -0.15) is 12.7 Å². The zero-order valence-electron chi connectivity index (χ0n) is 9.47. The summed E-state index contributed by atoms with van der Waals surface area (Å²) in [5.41, 5.74) is 6.63. The lowest BCUT2D eigenvalue weighted by Gasteiger charge is -2.19. The molecule has 0 fully saturated rings. The number of nitrogen functional groups attached to an aromatic ring is 1. The number of nitrogens with zero attached hydrogens (tertiary/aromatic N) is 1. The summed E-state index contributed by atoms with van der Waals surface area (Å²) in [6.45, 7) is 4.49. The lowest BCUT2D eigenvalue weighted by atomic mass is 10.3. The van der Waals surface area contributed by atoms with Gasteiger partial charge in [0.15, 0.2) is 0 Å². The van der Waals surface area contributed by atoms with E-state index in [4.69, 9.17) is 5.73 Å². The molecule has 0 unspecified atom stereocenters. The average molecular weight is 243 g/mol. The molecular weight excluding hydrogens is 226 g/mol. The van der Waals surface area contributed by atoms with Crippen molar-refractivity contribution in [2.24, 2.45) is 0 Å². The van der Waals surface area contributed by atoms with Gasteiger partial charge in [-0.15, -0.1) is 0 Å².